The van der Waals surface area contributed by atoms with Crippen LogP contribution in [0.5, 0.6) is 0 Å². The number of aromatic nitrogens is 1. The lowest BCUT2D eigenvalue weighted by Crippen LogP contribution is -1.94. The zero-order chi connectivity index (χ0) is 9.14. The SMILES string of the molecule is Cc1cc(C#N)ncc1[N+](=O)[O-]. The van der Waals surface area contributed by atoms with Crippen LogP contribution < -0.4 is 0 Å². The molecular weight excluding hydrogens is 158 g/mol. The molecule has 0 atom stereocenters. The van der Waals surface area contributed by atoms with Crippen molar-refractivity contribution < 1.29 is 4.92 Å². The van der Waals surface area contributed by atoms with Crippen molar-refractivity contribution in [2.45, 2.75) is 6.92 Å². The van der Waals surface area contributed by atoms with Gasteiger partial charge >= 0.3 is 0 Å². The lowest BCUT2D eigenvalue weighted by molar-refractivity contribution is -0.385. The Morgan fingerprint density at radius 3 is 2.83 bits per heavy atom. The molecule has 1 heterocycles. The molecule has 0 amide bonds. The van der Waals surface area contributed by atoms with Crippen LogP contribution in [0.25, 0.3) is 0 Å². The molecule has 0 aromatic carbocycles. The van der Waals surface area contributed by atoms with Gasteiger partial charge in [-0.15, -0.1) is 0 Å². The molecule has 0 aliphatic heterocycles. The van der Waals surface area contributed by atoms with E-state index in [2.05, 4.69) is 4.98 Å². The van der Waals surface area contributed by atoms with Crippen molar-refractivity contribution in [1.29, 1.82) is 5.26 Å². The molecule has 1 aromatic heterocycles. The van der Waals surface area contributed by atoms with Crippen LogP contribution in [0, 0.1) is 28.4 Å². The van der Waals surface area contributed by atoms with Crippen molar-refractivity contribution in [1.82, 2.24) is 4.98 Å². The average Bonchev–Trinajstić information content (AvgIpc) is 2.03. The molecule has 5 nitrogen and oxygen atoms in total. The Balaban J connectivity index is 3.23. The summed E-state index contributed by atoms with van der Waals surface area (Å²) >= 11 is 0. The van der Waals surface area contributed by atoms with E-state index in [0.29, 0.717) is 5.56 Å². The van der Waals surface area contributed by atoms with Gasteiger partial charge in [0.05, 0.1) is 4.92 Å². The van der Waals surface area contributed by atoms with Crippen molar-refractivity contribution >= 4 is 5.69 Å². The molecule has 12 heavy (non-hydrogen) atoms. The maximum atomic E-state index is 10.3. The second-order valence-corrected chi connectivity index (χ2v) is 2.22. The minimum atomic E-state index is -0.524. The molecule has 60 valence electrons. The quantitative estimate of drug-likeness (QED) is 0.459. The van der Waals surface area contributed by atoms with Crippen LogP contribution in [0.1, 0.15) is 11.3 Å². The summed E-state index contributed by atoms with van der Waals surface area (Å²) in [5.41, 5.74) is 0.582. The Morgan fingerprint density at radius 1 is 1.75 bits per heavy atom. The highest BCUT2D eigenvalue weighted by Gasteiger charge is 2.10. The lowest BCUT2D eigenvalue weighted by atomic mass is 10.2. The molecule has 0 aliphatic carbocycles. The van der Waals surface area contributed by atoms with Crippen LogP contribution in [0.2, 0.25) is 0 Å². The van der Waals surface area contributed by atoms with Crippen molar-refractivity contribution in [2.75, 3.05) is 0 Å². The predicted molar refractivity (Wildman–Crippen MR) is 40.3 cm³/mol. The number of hydrogen-bond donors (Lipinski definition) is 0. The molecule has 0 fully saturated rings. The molecule has 0 saturated carbocycles. The van der Waals surface area contributed by atoms with Gasteiger partial charge in [0.25, 0.3) is 5.69 Å². The normalized spacial score (nSPS) is 9.00. The molecule has 0 unspecified atom stereocenters. The number of aryl methyl sites for hydroxylation is 1. The summed E-state index contributed by atoms with van der Waals surface area (Å²) in [6, 6.07) is 3.19. The highest BCUT2D eigenvalue weighted by Crippen LogP contribution is 2.15. The Morgan fingerprint density at radius 2 is 2.42 bits per heavy atom. The van der Waals surface area contributed by atoms with E-state index in [4.69, 9.17) is 5.26 Å². The Kier molecular flexibility index (Phi) is 2.01. The predicted octanol–water partition coefficient (Wildman–Crippen LogP) is 1.17. The maximum Gasteiger partial charge on any atom is 0.290 e. The molecule has 5 heteroatoms. The number of pyridine rings is 1. The van der Waals surface area contributed by atoms with Crippen LogP contribution in [0.4, 0.5) is 5.69 Å². The first-order chi connectivity index (χ1) is 5.65. The summed E-state index contributed by atoms with van der Waals surface area (Å²) in [7, 11) is 0. The number of nitro groups is 1. The third-order valence-corrected chi connectivity index (χ3v) is 1.39. The van der Waals surface area contributed by atoms with Crippen molar-refractivity contribution in [2.24, 2.45) is 0 Å². The van der Waals surface area contributed by atoms with Gasteiger partial charge in [-0.1, -0.05) is 0 Å². The first kappa shape index (κ1) is 8.14. The van der Waals surface area contributed by atoms with E-state index in [9.17, 15) is 10.1 Å². The third kappa shape index (κ3) is 1.37. The summed E-state index contributed by atoms with van der Waals surface area (Å²) in [4.78, 5) is 13.4. The van der Waals surface area contributed by atoms with Crippen molar-refractivity contribution in [3.05, 3.63) is 33.6 Å². The summed E-state index contributed by atoms with van der Waals surface area (Å²) < 4.78 is 0. The van der Waals surface area contributed by atoms with Crippen LogP contribution in [-0.4, -0.2) is 9.91 Å². The largest absolute Gasteiger partial charge is 0.290 e. The summed E-state index contributed by atoms with van der Waals surface area (Å²) in [5, 5.41) is 18.7. The maximum absolute atomic E-state index is 10.3. The highest BCUT2D eigenvalue weighted by atomic mass is 16.6. The standard InChI is InChI=1S/C7H5N3O2/c1-5-2-6(3-8)9-4-7(5)10(11)12/h2,4H,1H3. The second kappa shape index (κ2) is 2.96. The van der Waals surface area contributed by atoms with Gasteiger partial charge < -0.3 is 0 Å². The highest BCUT2D eigenvalue weighted by molar-refractivity contribution is 5.40. The van der Waals surface area contributed by atoms with Gasteiger partial charge in [-0.05, 0) is 13.0 Å². The number of nitriles is 1. The van der Waals surface area contributed by atoms with E-state index in [0.717, 1.165) is 6.20 Å². The smallest absolute Gasteiger partial charge is 0.258 e. The van der Waals surface area contributed by atoms with Gasteiger partial charge in [0.2, 0.25) is 0 Å². The second-order valence-electron chi connectivity index (χ2n) is 2.22. The summed E-state index contributed by atoms with van der Waals surface area (Å²) in [6.45, 7) is 1.57. The fourth-order valence-corrected chi connectivity index (χ4v) is 0.801. The number of nitrogens with zero attached hydrogens (tertiary/aromatic N) is 3. The molecular formula is C7H5N3O2. The van der Waals surface area contributed by atoms with E-state index >= 15 is 0 Å². The third-order valence-electron chi connectivity index (χ3n) is 1.39. The fraction of sp³-hybridized carbons (Fsp3) is 0.143. The fourth-order valence-electron chi connectivity index (χ4n) is 0.801. The number of rotatable bonds is 1. The monoisotopic (exact) mass is 163 g/mol. The van der Waals surface area contributed by atoms with Crippen molar-refractivity contribution in [3.63, 3.8) is 0 Å². The molecule has 0 radical (unpaired) electrons. The Bertz CT molecular complexity index is 367. The molecule has 0 spiro atoms. The molecule has 0 saturated heterocycles. The molecule has 0 N–H and O–H groups in total. The molecule has 0 bridgehead atoms. The lowest BCUT2D eigenvalue weighted by Gasteiger charge is -1.94. The molecule has 0 aliphatic rings. The van der Waals surface area contributed by atoms with E-state index in [-0.39, 0.29) is 11.4 Å². The van der Waals surface area contributed by atoms with Crippen LogP contribution >= 0.6 is 0 Å². The zero-order valence-corrected chi connectivity index (χ0v) is 6.31. The van der Waals surface area contributed by atoms with E-state index in [1.54, 1.807) is 13.0 Å². The van der Waals surface area contributed by atoms with Crippen molar-refractivity contribution in [3.8, 4) is 6.07 Å². The number of hydrogen-bond acceptors (Lipinski definition) is 4. The van der Waals surface area contributed by atoms with Gasteiger partial charge in [-0.3, -0.25) is 10.1 Å². The summed E-state index contributed by atoms with van der Waals surface area (Å²) in [5.74, 6) is 0. The van der Waals surface area contributed by atoms with Gasteiger partial charge in [-0.25, -0.2) is 4.98 Å². The average molecular weight is 163 g/mol. The van der Waals surface area contributed by atoms with E-state index in [1.165, 1.54) is 6.07 Å². The molecule has 1 aromatic rings. The topological polar surface area (TPSA) is 79.8 Å². The van der Waals surface area contributed by atoms with Gasteiger partial charge in [0.1, 0.15) is 18.0 Å². The van der Waals surface area contributed by atoms with Gasteiger partial charge in [0, 0.05) is 5.56 Å². The minimum absolute atomic E-state index is 0.0611. The minimum Gasteiger partial charge on any atom is -0.258 e. The Labute approximate surface area is 68.4 Å². The van der Waals surface area contributed by atoms with E-state index in [1.807, 2.05) is 0 Å². The zero-order valence-electron chi connectivity index (χ0n) is 6.31. The van der Waals surface area contributed by atoms with Crippen LogP contribution in [0.15, 0.2) is 12.3 Å². The van der Waals surface area contributed by atoms with Gasteiger partial charge in [-0.2, -0.15) is 5.26 Å². The summed E-state index contributed by atoms with van der Waals surface area (Å²) in [6.07, 6.45) is 1.09. The van der Waals surface area contributed by atoms with E-state index < -0.39 is 4.92 Å². The Hall–Kier alpha value is -1.96. The first-order valence-corrected chi connectivity index (χ1v) is 3.16. The molecule has 1 rings (SSSR count). The van der Waals surface area contributed by atoms with Gasteiger partial charge in [0.15, 0.2) is 0 Å². The van der Waals surface area contributed by atoms with Crippen LogP contribution in [-0.2, 0) is 0 Å². The van der Waals surface area contributed by atoms with Crippen LogP contribution in [0.3, 0.4) is 0 Å². The first-order valence-electron chi connectivity index (χ1n) is 3.16.